The molecule has 1 heterocycles. The number of alkyl halides is 2. The van der Waals surface area contributed by atoms with Gasteiger partial charge in [0.15, 0.2) is 0 Å². The highest BCUT2D eigenvalue weighted by Crippen LogP contribution is 2.29. The second-order valence-corrected chi connectivity index (χ2v) is 5.28. The maximum Gasteiger partial charge on any atom is 0.261 e. The van der Waals surface area contributed by atoms with Gasteiger partial charge in [0.05, 0.1) is 12.5 Å². The SMILES string of the molecule is NC(=O)C(CN1CCC(F)(F)C1)c1ccc(Cl)cc1. The molecule has 2 N–H and O–H groups in total. The molecule has 2 rings (SSSR count). The molecule has 0 radical (unpaired) electrons. The van der Waals surface area contributed by atoms with E-state index in [9.17, 15) is 13.6 Å². The summed E-state index contributed by atoms with van der Waals surface area (Å²) >= 11 is 5.78. The van der Waals surface area contributed by atoms with Crippen LogP contribution in [0.25, 0.3) is 0 Å². The molecule has 1 aromatic carbocycles. The van der Waals surface area contributed by atoms with Crippen LogP contribution in [0.3, 0.4) is 0 Å². The lowest BCUT2D eigenvalue weighted by Crippen LogP contribution is -2.35. The van der Waals surface area contributed by atoms with Crippen LogP contribution in [0.5, 0.6) is 0 Å². The number of nitrogens with two attached hydrogens (primary N) is 1. The van der Waals surface area contributed by atoms with E-state index >= 15 is 0 Å². The molecule has 1 saturated heterocycles. The first kappa shape index (κ1) is 14.2. The number of carbonyl (C=O) groups is 1. The number of halogens is 3. The number of carbonyl (C=O) groups excluding carboxylic acids is 1. The van der Waals surface area contributed by atoms with Crippen molar-refractivity contribution in [3.63, 3.8) is 0 Å². The van der Waals surface area contributed by atoms with E-state index in [0.29, 0.717) is 10.6 Å². The molecule has 0 spiro atoms. The quantitative estimate of drug-likeness (QED) is 0.924. The monoisotopic (exact) mass is 288 g/mol. The van der Waals surface area contributed by atoms with Crippen molar-refractivity contribution in [2.24, 2.45) is 5.73 Å². The third-order valence-corrected chi connectivity index (χ3v) is 3.56. The maximum absolute atomic E-state index is 13.1. The van der Waals surface area contributed by atoms with Crippen LogP contribution in [0.2, 0.25) is 5.02 Å². The molecular weight excluding hydrogens is 274 g/mol. The topological polar surface area (TPSA) is 46.3 Å². The lowest BCUT2D eigenvalue weighted by atomic mass is 9.98. The van der Waals surface area contributed by atoms with Gasteiger partial charge in [0.2, 0.25) is 5.91 Å². The summed E-state index contributed by atoms with van der Waals surface area (Å²) in [5.41, 5.74) is 6.07. The molecule has 1 amide bonds. The van der Waals surface area contributed by atoms with E-state index in [1.54, 1.807) is 29.2 Å². The van der Waals surface area contributed by atoms with E-state index in [2.05, 4.69) is 0 Å². The third kappa shape index (κ3) is 3.64. The fourth-order valence-electron chi connectivity index (χ4n) is 2.28. The fourth-order valence-corrected chi connectivity index (χ4v) is 2.40. The summed E-state index contributed by atoms with van der Waals surface area (Å²) in [6.45, 7) is 0.182. The summed E-state index contributed by atoms with van der Waals surface area (Å²) in [5, 5.41) is 0.555. The average Bonchev–Trinajstić information content (AvgIpc) is 2.67. The summed E-state index contributed by atoms with van der Waals surface area (Å²) in [4.78, 5) is 13.1. The molecule has 1 aromatic rings. The minimum absolute atomic E-state index is 0.168. The minimum atomic E-state index is -2.66. The number of amides is 1. The molecule has 104 valence electrons. The van der Waals surface area contributed by atoms with Crippen molar-refractivity contribution in [3.8, 4) is 0 Å². The lowest BCUT2D eigenvalue weighted by Gasteiger charge is -2.21. The molecule has 1 aliphatic heterocycles. The molecule has 19 heavy (non-hydrogen) atoms. The largest absolute Gasteiger partial charge is 0.369 e. The van der Waals surface area contributed by atoms with Crippen molar-refractivity contribution < 1.29 is 13.6 Å². The van der Waals surface area contributed by atoms with E-state index in [4.69, 9.17) is 17.3 Å². The number of nitrogens with zero attached hydrogens (tertiary/aromatic N) is 1. The van der Waals surface area contributed by atoms with Crippen LogP contribution in [0.15, 0.2) is 24.3 Å². The van der Waals surface area contributed by atoms with Crippen molar-refractivity contribution in [1.82, 2.24) is 4.90 Å². The Kier molecular flexibility index (Phi) is 4.06. The average molecular weight is 289 g/mol. The zero-order valence-corrected chi connectivity index (χ0v) is 11.0. The Bertz CT molecular complexity index is 464. The molecule has 6 heteroatoms. The van der Waals surface area contributed by atoms with Crippen LogP contribution >= 0.6 is 11.6 Å². The highest BCUT2D eigenvalue weighted by molar-refractivity contribution is 6.30. The summed E-state index contributed by atoms with van der Waals surface area (Å²) in [5.74, 6) is -3.77. The number of rotatable bonds is 4. The number of benzene rings is 1. The van der Waals surface area contributed by atoms with Gasteiger partial charge in [-0.15, -0.1) is 0 Å². The van der Waals surface area contributed by atoms with Crippen LogP contribution in [-0.2, 0) is 4.79 Å². The second kappa shape index (κ2) is 5.43. The van der Waals surface area contributed by atoms with Gasteiger partial charge in [0.25, 0.3) is 5.92 Å². The lowest BCUT2D eigenvalue weighted by molar-refractivity contribution is -0.120. The minimum Gasteiger partial charge on any atom is -0.369 e. The molecule has 1 unspecified atom stereocenters. The molecule has 1 aliphatic rings. The first-order chi connectivity index (χ1) is 8.87. The number of likely N-dealkylation sites (tertiary alicyclic amines) is 1. The van der Waals surface area contributed by atoms with Gasteiger partial charge in [-0.3, -0.25) is 9.69 Å². The van der Waals surface area contributed by atoms with Crippen LogP contribution in [0.4, 0.5) is 8.78 Å². The van der Waals surface area contributed by atoms with E-state index < -0.39 is 17.7 Å². The summed E-state index contributed by atoms with van der Waals surface area (Å²) in [6.07, 6.45) is -0.168. The molecule has 0 aliphatic carbocycles. The molecule has 0 bridgehead atoms. The molecule has 3 nitrogen and oxygen atoms in total. The summed E-state index contributed by atoms with van der Waals surface area (Å²) < 4.78 is 26.3. The Balaban J connectivity index is 2.09. The van der Waals surface area contributed by atoms with Gasteiger partial charge >= 0.3 is 0 Å². The predicted molar refractivity (Wildman–Crippen MR) is 69.4 cm³/mol. The van der Waals surface area contributed by atoms with Crippen molar-refractivity contribution in [2.45, 2.75) is 18.3 Å². The van der Waals surface area contributed by atoms with Gasteiger partial charge in [-0.25, -0.2) is 8.78 Å². The van der Waals surface area contributed by atoms with Gasteiger partial charge in [0, 0.05) is 24.5 Å². The van der Waals surface area contributed by atoms with Crippen LogP contribution in [0, 0.1) is 0 Å². The molecule has 1 fully saturated rings. The molecule has 0 saturated carbocycles. The Hall–Kier alpha value is -1.20. The number of hydrogen-bond acceptors (Lipinski definition) is 2. The standard InChI is InChI=1S/C13H15ClF2N2O/c14-10-3-1-9(2-4-10)11(12(17)19)7-18-6-5-13(15,16)8-18/h1-4,11H,5-8H2,(H2,17,19). The zero-order valence-electron chi connectivity index (χ0n) is 10.3. The van der Waals surface area contributed by atoms with Gasteiger partial charge in [0.1, 0.15) is 0 Å². The van der Waals surface area contributed by atoms with Gasteiger partial charge in [-0.1, -0.05) is 23.7 Å². The fraction of sp³-hybridized carbons (Fsp3) is 0.462. The van der Waals surface area contributed by atoms with E-state index in [1.807, 2.05) is 0 Å². The predicted octanol–water partition coefficient (Wildman–Crippen LogP) is 2.25. The van der Waals surface area contributed by atoms with Gasteiger partial charge in [-0.05, 0) is 17.7 Å². The van der Waals surface area contributed by atoms with E-state index in [0.717, 1.165) is 0 Å². The van der Waals surface area contributed by atoms with Crippen molar-refractivity contribution in [1.29, 1.82) is 0 Å². The molecule has 0 aromatic heterocycles. The number of hydrogen-bond donors (Lipinski definition) is 1. The van der Waals surface area contributed by atoms with Crippen molar-refractivity contribution in [2.75, 3.05) is 19.6 Å². The summed E-state index contributed by atoms with van der Waals surface area (Å²) in [6, 6.07) is 6.72. The smallest absolute Gasteiger partial charge is 0.261 e. The molecular formula is C13H15ClF2N2O. The Morgan fingerprint density at radius 3 is 2.53 bits per heavy atom. The van der Waals surface area contributed by atoms with Crippen molar-refractivity contribution in [3.05, 3.63) is 34.9 Å². The highest BCUT2D eigenvalue weighted by atomic mass is 35.5. The van der Waals surface area contributed by atoms with Crippen LogP contribution < -0.4 is 5.73 Å². The van der Waals surface area contributed by atoms with Crippen LogP contribution in [-0.4, -0.2) is 36.4 Å². The highest BCUT2D eigenvalue weighted by Gasteiger charge is 2.39. The number of primary amides is 1. The van der Waals surface area contributed by atoms with Gasteiger partial charge in [-0.2, -0.15) is 0 Å². The Morgan fingerprint density at radius 1 is 1.42 bits per heavy atom. The van der Waals surface area contributed by atoms with E-state index in [-0.39, 0.29) is 26.1 Å². The second-order valence-electron chi connectivity index (χ2n) is 4.85. The van der Waals surface area contributed by atoms with Crippen molar-refractivity contribution >= 4 is 17.5 Å². The third-order valence-electron chi connectivity index (χ3n) is 3.31. The Morgan fingerprint density at radius 2 is 2.05 bits per heavy atom. The van der Waals surface area contributed by atoms with E-state index in [1.165, 1.54) is 0 Å². The Labute approximate surface area is 115 Å². The first-order valence-electron chi connectivity index (χ1n) is 6.02. The maximum atomic E-state index is 13.1. The first-order valence-corrected chi connectivity index (χ1v) is 6.40. The summed E-state index contributed by atoms with van der Waals surface area (Å²) in [7, 11) is 0. The zero-order chi connectivity index (χ0) is 14.0. The van der Waals surface area contributed by atoms with Crippen LogP contribution in [0.1, 0.15) is 17.9 Å². The van der Waals surface area contributed by atoms with Gasteiger partial charge < -0.3 is 5.73 Å². The molecule has 1 atom stereocenters. The normalized spacial score (nSPS) is 20.4.